The molecular weight excluding hydrogens is 285 g/mol. The fourth-order valence-corrected chi connectivity index (χ4v) is 1.80. The van der Waals surface area contributed by atoms with Crippen molar-refractivity contribution in [3.8, 4) is 17.2 Å². The molecule has 0 aliphatic carbocycles. The molecule has 0 heterocycles. The van der Waals surface area contributed by atoms with Gasteiger partial charge in [0.25, 0.3) is 0 Å². The van der Waals surface area contributed by atoms with Crippen molar-refractivity contribution in [2.24, 2.45) is 0 Å². The Bertz CT molecular complexity index is 634. The second-order valence-corrected chi connectivity index (χ2v) is 4.46. The Morgan fingerprint density at radius 1 is 1.20 bits per heavy atom. The molecule has 20 heavy (non-hydrogen) atoms. The van der Waals surface area contributed by atoms with Crippen LogP contribution in [-0.4, -0.2) is 12.2 Å². The van der Waals surface area contributed by atoms with Gasteiger partial charge >= 0.3 is 0 Å². The van der Waals surface area contributed by atoms with Crippen molar-refractivity contribution in [2.45, 2.75) is 6.61 Å². The molecule has 0 saturated heterocycles. The lowest BCUT2D eigenvalue weighted by atomic mass is 10.2. The van der Waals surface area contributed by atoms with Gasteiger partial charge in [-0.2, -0.15) is 0 Å². The summed E-state index contributed by atoms with van der Waals surface area (Å²) in [5.74, 6) is 0.432. The Balaban J connectivity index is 2.37. The van der Waals surface area contributed by atoms with Crippen molar-refractivity contribution in [2.75, 3.05) is 12.8 Å². The van der Waals surface area contributed by atoms with Crippen LogP contribution in [-0.2, 0) is 6.61 Å². The van der Waals surface area contributed by atoms with Gasteiger partial charge in [-0.15, -0.1) is 0 Å². The number of aliphatic hydroxyl groups is 1. The Kier molecular flexibility index (Phi) is 4.32. The minimum atomic E-state index is -0.612. The van der Waals surface area contributed by atoms with Gasteiger partial charge in [0.05, 0.1) is 24.4 Å². The number of aliphatic hydroxyl groups excluding tert-OH is 1. The van der Waals surface area contributed by atoms with Gasteiger partial charge in [0, 0.05) is 12.1 Å². The third-order valence-corrected chi connectivity index (χ3v) is 2.97. The van der Waals surface area contributed by atoms with Crippen molar-refractivity contribution >= 4 is 17.3 Å². The van der Waals surface area contributed by atoms with Crippen LogP contribution >= 0.6 is 11.6 Å². The van der Waals surface area contributed by atoms with Crippen LogP contribution in [0.2, 0.25) is 5.02 Å². The minimum Gasteiger partial charge on any atom is -0.493 e. The summed E-state index contributed by atoms with van der Waals surface area (Å²) in [6, 6.07) is 7.33. The number of methoxy groups -OCH3 is 1. The number of rotatable bonds is 4. The Hall–Kier alpha value is -1.98. The molecule has 0 radical (unpaired) electrons. The van der Waals surface area contributed by atoms with Crippen molar-refractivity contribution < 1.29 is 19.0 Å². The highest BCUT2D eigenvalue weighted by Gasteiger charge is 2.12. The monoisotopic (exact) mass is 297 g/mol. The molecular formula is C14H13ClFNO3. The van der Waals surface area contributed by atoms with Gasteiger partial charge in [0.15, 0.2) is 17.2 Å². The summed E-state index contributed by atoms with van der Waals surface area (Å²) in [4.78, 5) is 0. The van der Waals surface area contributed by atoms with Crippen LogP contribution < -0.4 is 15.2 Å². The van der Waals surface area contributed by atoms with Gasteiger partial charge < -0.3 is 20.3 Å². The van der Waals surface area contributed by atoms with E-state index in [1.807, 2.05) is 0 Å². The number of anilines is 1. The smallest absolute Gasteiger partial charge is 0.169 e. The van der Waals surface area contributed by atoms with Crippen molar-refractivity contribution in [1.29, 1.82) is 0 Å². The van der Waals surface area contributed by atoms with E-state index in [1.165, 1.54) is 13.2 Å². The maximum atomic E-state index is 13.2. The first-order valence-electron chi connectivity index (χ1n) is 5.75. The van der Waals surface area contributed by atoms with Crippen LogP contribution in [0.4, 0.5) is 10.1 Å². The number of nitrogen functional groups attached to an aromatic ring is 1. The third kappa shape index (κ3) is 2.95. The van der Waals surface area contributed by atoms with Crippen LogP contribution in [0.25, 0.3) is 0 Å². The standard InChI is InChI=1S/C14H13ClFNO3/c1-19-14-4-8(7-18)2-3-12(14)20-13-5-9(15)10(16)6-11(13)17/h2-6,18H,7,17H2,1H3. The molecule has 0 aliphatic heterocycles. The molecule has 2 rings (SSSR count). The molecule has 0 bridgehead atoms. The Morgan fingerprint density at radius 3 is 2.60 bits per heavy atom. The number of nitrogens with two attached hydrogens (primary N) is 1. The Labute approximate surface area is 120 Å². The maximum Gasteiger partial charge on any atom is 0.169 e. The zero-order valence-corrected chi connectivity index (χ0v) is 11.4. The number of halogens is 2. The van der Waals surface area contributed by atoms with E-state index >= 15 is 0 Å². The summed E-state index contributed by atoms with van der Waals surface area (Å²) in [7, 11) is 1.48. The van der Waals surface area contributed by atoms with Crippen LogP contribution in [0.15, 0.2) is 30.3 Å². The fraction of sp³-hybridized carbons (Fsp3) is 0.143. The molecule has 0 unspecified atom stereocenters. The summed E-state index contributed by atoms with van der Waals surface area (Å²) in [5.41, 5.74) is 6.49. The molecule has 0 amide bonds. The first-order chi connectivity index (χ1) is 9.55. The highest BCUT2D eigenvalue weighted by atomic mass is 35.5. The van der Waals surface area contributed by atoms with Gasteiger partial charge in [0.2, 0.25) is 0 Å². The minimum absolute atomic E-state index is 0.0832. The van der Waals surface area contributed by atoms with Gasteiger partial charge in [-0.05, 0) is 17.7 Å². The largest absolute Gasteiger partial charge is 0.493 e. The number of hydrogen-bond acceptors (Lipinski definition) is 4. The van der Waals surface area contributed by atoms with E-state index in [-0.39, 0.29) is 23.1 Å². The molecule has 2 aromatic rings. The van der Waals surface area contributed by atoms with Crippen LogP contribution in [0.5, 0.6) is 17.2 Å². The summed E-state index contributed by atoms with van der Waals surface area (Å²) >= 11 is 5.70. The van der Waals surface area contributed by atoms with E-state index in [0.29, 0.717) is 17.1 Å². The molecule has 0 atom stereocenters. The molecule has 3 N–H and O–H groups in total. The van der Waals surface area contributed by atoms with Gasteiger partial charge in [-0.1, -0.05) is 17.7 Å². The van der Waals surface area contributed by atoms with E-state index in [9.17, 15) is 4.39 Å². The topological polar surface area (TPSA) is 64.7 Å². The van der Waals surface area contributed by atoms with E-state index in [2.05, 4.69) is 0 Å². The maximum absolute atomic E-state index is 13.2. The van der Waals surface area contributed by atoms with Crippen LogP contribution in [0, 0.1) is 5.82 Å². The van der Waals surface area contributed by atoms with Gasteiger partial charge in [-0.25, -0.2) is 4.39 Å². The molecule has 2 aromatic carbocycles. The number of hydrogen-bond donors (Lipinski definition) is 2. The highest BCUT2D eigenvalue weighted by molar-refractivity contribution is 6.31. The molecule has 0 aliphatic rings. The SMILES string of the molecule is COc1cc(CO)ccc1Oc1cc(Cl)c(F)cc1N. The second kappa shape index (κ2) is 5.98. The molecule has 106 valence electrons. The van der Waals surface area contributed by atoms with Crippen LogP contribution in [0.1, 0.15) is 5.56 Å². The van der Waals surface area contributed by atoms with E-state index in [4.69, 9.17) is 31.9 Å². The predicted molar refractivity (Wildman–Crippen MR) is 74.8 cm³/mol. The van der Waals surface area contributed by atoms with Crippen molar-refractivity contribution in [3.05, 3.63) is 46.7 Å². The third-order valence-electron chi connectivity index (χ3n) is 2.68. The molecule has 0 fully saturated rings. The summed E-state index contributed by atoms with van der Waals surface area (Å²) in [6.07, 6.45) is 0. The first kappa shape index (κ1) is 14.4. The lowest BCUT2D eigenvalue weighted by molar-refractivity contribution is 0.280. The molecule has 4 nitrogen and oxygen atoms in total. The number of ether oxygens (including phenoxy) is 2. The van der Waals surface area contributed by atoms with Gasteiger partial charge in [-0.3, -0.25) is 0 Å². The molecule has 0 aromatic heterocycles. The zero-order valence-electron chi connectivity index (χ0n) is 10.7. The summed E-state index contributed by atoms with van der Waals surface area (Å²) in [6.45, 7) is -0.110. The van der Waals surface area contributed by atoms with Gasteiger partial charge in [0.1, 0.15) is 5.82 Å². The Morgan fingerprint density at radius 2 is 1.95 bits per heavy atom. The van der Waals surface area contributed by atoms with E-state index in [1.54, 1.807) is 18.2 Å². The molecule has 0 spiro atoms. The zero-order chi connectivity index (χ0) is 14.7. The van der Waals surface area contributed by atoms with E-state index in [0.717, 1.165) is 6.07 Å². The quantitative estimate of drug-likeness (QED) is 0.849. The van der Waals surface area contributed by atoms with Crippen molar-refractivity contribution in [1.82, 2.24) is 0 Å². The fourth-order valence-electron chi connectivity index (χ4n) is 1.65. The lowest BCUT2D eigenvalue weighted by Gasteiger charge is -2.13. The summed E-state index contributed by atoms with van der Waals surface area (Å²) < 4.78 is 24.0. The lowest BCUT2D eigenvalue weighted by Crippen LogP contribution is -1.96. The predicted octanol–water partition coefficient (Wildman–Crippen LogP) is 3.35. The summed E-state index contributed by atoms with van der Waals surface area (Å²) in [5, 5.41) is 8.99. The van der Waals surface area contributed by atoms with E-state index < -0.39 is 5.82 Å². The van der Waals surface area contributed by atoms with Crippen molar-refractivity contribution in [3.63, 3.8) is 0 Å². The average molecular weight is 298 g/mol. The first-order valence-corrected chi connectivity index (χ1v) is 6.13. The molecule has 0 saturated carbocycles. The number of benzene rings is 2. The second-order valence-electron chi connectivity index (χ2n) is 4.05. The molecule has 6 heteroatoms. The highest BCUT2D eigenvalue weighted by Crippen LogP contribution is 2.36. The van der Waals surface area contributed by atoms with Crippen LogP contribution in [0.3, 0.4) is 0 Å². The average Bonchev–Trinajstić information content (AvgIpc) is 2.45. The normalized spacial score (nSPS) is 10.4.